The van der Waals surface area contributed by atoms with Crippen molar-refractivity contribution in [2.24, 2.45) is 0 Å². The van der Waals surface area contributed by atoms with Crippen LogP contribution in [-0.4, -0.2) is 83.8 Å². The number of ether oxygens (including phenoxy) is 2. The molecule has 42 heavy (non-hydrogen) atoms. The molecule has 4 rings (SSSR count). The van der Waals surface area contributed by atoms with Crippen molar-refractivity contribution >= 4 is 23.8 Å². The summed E-state index contributed by atoms with van der Waals surface area (Å²) in [5, 5.41) is 41.7. The molecule has 14 heteroatoms. The number of hydrogen-bond acceptors (Lipinski definition) is 10. The van der Waals surface area contributed by atoms with E-state index in [1.54, 1.807) is 60.7 Å². The predicted molar refractivity (Wildman–Crippen MR) is 145 cm³/mol. The molecule has 14 nitrogen and oxygen atoms in total. The van der Waals surface area contributed by atoms with Crippen molar-refractivity contribution in [3.63, 3.8) is 0 Å². The molecular weight excluding hydrogens is 552 g/mol. The zero-order valence-electron chi connectivity index (χ0n) is 22.2. The lowest BCUT2D eigenvalue weighted by Crippen LogP contribution is -2.46. The van der Waals surface area contributed by atoms with Crippen LogP contribution in [0.3, 0.4) is 0 Å². The molecule has 2 aromatic carbocycles. The molecule has 0 radical (unpaired) electrons. The standard InChI is InChI=1S/C28H30N4O10/c33-15-20-23(35)24(36)25(42-20)31-12-11-21(30-27(31)39)29-22(34)13-19(26(37)38)32(14-17-7-3-1-4-8-17)28(40)41-16-18-9-5-2-6-10-18/h1-12,19-20,23-25,33,35-36H,13-16H2,(H,37,38)(H,29,30,34,39)/t19-,20+,23+,24-,25+/m0/s1. The lowest BCUT2D eigenvalue weighted by molar-refractivity contribution is -0.144. The average molecular weight is 583 g/mol. The fourth-order valence-corrected chi connectivity index (χ4v) is 4.37. The number of carbonyl (C=O) groups excluding carboxylic acids is 2. The number of aromatic nitrogens is 2. The second-order valence-corrected chi connectivity index (χ2v) is 9.49. The summed E-state index contributed by atoms with van der Waals surface area (Å²) < 4.78 is 11.6. The summed E-state index contributed by atoms with van der Waals surface area (Å²) in [6, 6.07) is 17.0. The number of carbonyl (C=O) groups is 3. The molecule has 0 bridgehead atoms. The van der Waals surface area contributed by atoms with Gasteiger partial charge in [0.15, 0.2) is 6.23 Å². The third kappa shape index (κ3) is 7.36. The molecule has 1 aromatic heterocycles. The summed E-state index contributed by atoms with van der Waals surface area (Å²) in [5.74, 6) is -2.53. The fraction of sp³-hybridized carbons (Fsp3) is 0.321. The second kappa shape index (κ2) is 13.8. The van der Waals surface area contributed by atoms with Gasteiger partial charge < -0.3 is 35.2 Å². The Morgan fingerprint density at radius 3 is 2.21 bits per heavy atom. The number of aliphatic hydroxyl groups excluding tert-OH is 3. The van der Waals surface area contributed by atoms with Crippen LogP contribution in [0.4, 0.5) is 10.6 Å². The fourth-order valence-electron chi connectivity index (χ4n) is 4.37. The summed E-state index contributed by atoms with van der Waals surface area (Å²) in [7, 11) is 0. The average Bonchev–Trinajstić information content (AvgIpc) is 3.27. The van der Waals surface area contributed by atoms with E-state index in [0.29, 0.717) is 11.1 Å². The van der Waals surface area contributed by atoms with Crippen LogP contribution in [0.5, 0.6) is 0 Å². The van der Waals surface area contributed by atoms with Crippen molar-refractivity contribution in [1.29, 1.82) is 0 Å². The van der Waals surface area contributed by atoms with Crippen LogP contribution in [0.15, 0.2) is 77.7 Å². The van der Waals surface area contributed by atoms with Crippen LogP contribution >= 0.6 is 0 Å². The van der Waals surface area contributed by atoms with E-state index in [2.05, 4.69) is 10.3 Å². The summed E-state index contributed by atoms with van der Waals surface area (Å²) in [5.41, 5.74) is 0.344. The van der Waals surface area contributed by atoms with Gasteiger partial charge in [0.2, 0.25) is 5.91 Å². The highest BCUT2D eigenvalue weighted by Gasteiger charge is 2.43. The van der Waals surface area contributed by atoms with Gasteiger partial charge in [0.25, 0.3) is 0 Å². The minimum atomic E-state index is -1.63. The molecule has 1 aliphatic rings. The van der Waals surface area contributed by atoms with Gasteiger partial charge in [-0.2, -0.15) is 4.98 Å². The number of benzene rings is 2. The molecule has 0 unspecified atom stereocenters. The Bertz CT molecular complexity index is 1440. The molecule has 5 atom stereocenters. The van der Waals surface area contributed by atoms with Crippen molar-refractivity contribution in [3.05, 3.63) is 94.5 Å². The SMILES string of the molecule is O=C(C[C@@H](C(=O)O)N(Cc1ccccc1)C(=O)OCc1ccccc1)Nc1ccn([C@@H]2O[C@H](CO)[C@@H](O)[C@@H]2O)c(=O)n1. The summed E-state index contributed by atoms with van der Waals surface area (Å²) in [6.07, 6.45) is -5.87. The van der Waals surface area contributed by atoms with Gasteiger partial charge in [-0.1, -0.05) is 60.7 Å². The maximum atomic E-state index is 13.1. The van der Waals surface area contributed by atoms with Gasteiger partial charge in [-0.25, -0.2) is 14.4 Å². The van der Waals surface area contributed by atoms with Gasteiger partial charge in [0.1, 0.15) is 36.8 Å². The quantitative estimate of drug-likeness (QED) is 0.210. The number of aliphatic carboxylic acids is 1. The van der Waals surface area contributed by atoms with E-state index >= 15 is 0 Å². The highest BCUT2D eigenvalue weighted by atomic mass is 16.6. The van der Waals surface area contributed by atoms with E-state index in [1.165, 1.54) is 6.07 Å². The third-order valence-corrected chi connectivity index (χ3v) is 6.56. The lowest BCUT2D eigenvalue weighted by atomic mass is 10.1. The van der Waals surface area contributed by atoms with Crippen molar-refractivity contribution in [2.45, 2.75) is 50.2 Å². The van der Waals surface area contributed by atoms with Gasteiger partial charge in [-0.05, 0) is 17.2 Å². The summed E-state index contributed by atoms with van der Waals surface area (Å²) in [6.45, 7) is -0.854. The number of carboxylic acids is 1. The number of hydrogen-bond donors (Lipinski definition) is 5. The van der Waals surface area contributed by atoms with Gasteiger partial charge in [0, 0.05) is 12.7 Å². The Labute approximate surface area is 239 Å². The topological polar surface area (TPSA) is 201 Å². The molecule has 1 fully saturated rings. The van der Waals surface area contributed by atoms with E-state index in [9.17, 15) is 39.6 Å². The first-order valence-corrected chi connectivity index (χ1v) is 12.9. The minimum Gasteiger partial charge on any atom is -0.480 e. The lowest BCUT2D eigenvalue weighted by Gasteiger charge is -2.28. The molecular formula is C28H30N4O10. The van der Waals surface area contributed by atoms with E-state index in [0.717, 1.165) is 15.7 Å². The van der Waals surface area contributed by atoms with Crippen LogP contribution in [0.25, 0.3) is 0 Å². The predicted octanol–water partition coefficient (Wildman–Crippen LogP) is 0.476. The summed E-state index contributed by atoms with van der Waals surface area (Å²) >= 11 is 0. The van der Waals surface area contributed by atoms with Crippen molar-refractivity contribution < 1.29 is 44.3 Å². The number of anilines is 1. The molecule has 0 aliphatic carbocycles. The van der Waals surface area contributed by atoms with Crippen molar-refractivity contribution in [3.8, 4) is 0 Å². The highest BCUT2D eigenvalue weighted by Crippen LogP contribution is 2.28. The number of amides is 2. The van der Waals surface area contributed by atoms with Crippen molar-refractivity contribution in [2.75, 3.05) is 11.9 Å². The normalized spacial score (nSPS) is 20.5. The zero-order valence-corrected chi connectivity index (χ0v) is 22.2. The van der Waals surface area contributed by atoms with E-state index in [-0.39, 0.29) is 19.0 Å². The molecule has 0 saturated carbocycles. The van der Waals surface area contributed by atoms with Crippen LogP contribution in [0.1, 0.15) is 23.8 Å². The van der Waals surface area contributed by atoms with Crippen LogP contribution in [-0.2, 0) is 32.2 Å². The molecule has 1 aliphatic heterocycles. The Balaban J connectivity index is 1.48. The molecule has 5 N–H and O–H groups in total. The smallest absolute Gasteiger partial charge is 0.411 e. The Morgan fingerprint density at radius 2 is 1.64 bits per heavy atom. The van der Waals surface area contributed by atoms with E-state index < -0.39 is 67.3 Å². The van der Waals surface area contributed by atoms with Crippen LogP contribution in [0.2, 0.25) is 0 Å². The van der Waals surface area contributed by atoms with E-state index in [1.807, 2.05) is 0 Å². The first-order chi connectivity index (χ1) is 20.2. The number of carboxylic acid groups (broad SMARTS) is 1. The Kier molecular flexibility index (Phi) is 9.98. The molecule has 0 spiro atoms. The number of aliphatic hydroxyl groups is 3. The third-order valence-electron chi connectivity index (χ3n) is 6.56. The second-order valence-electron chi connectivity index (χ2n) is 9.49. The largest absolute Gasteiger partial charge is 0.480 e. The highest BCUT2D eigenvalue weighted by molar-refractivity contribution is 5.94. The van der Waals surface area contributed by atoms with Gasteiger partial charge in [0.05, 0.1) is 13.0 Å². The minimum absolute atomic E-state index is 0.112. The summed E-state index contributed by atoms with van der Waals surface area (Å²) in [4.78, 5) is 55.5. The number of rotatable bonds is 11. The Hall–Kier alpha value is -4.63. The van der Waals surface area contributed by atoms with Gasteiger partial charge in [-0.15, -0.1) is 0 Å². The van der Waals surface area contributed by atoms with E-state index in [4.69, 9.17) is 9.47 Å². The first kappa shape index (κ1) is 30.3. The number of nitrogens with zero attached hydrogens (tertiary/aromatic N) is 3. The molecule has 2 heterocycles. The maximum absolute atomic E-state index is 13.1. The monoisotopic (exact) mass is 582 g/mol. The zero-order chi connectivity index (χ0) is 30.2. The number of nitrogens with one attached hydrogen (secondary N) is 1. The van der Waals surface area contributed by atoms with Crippen molar-refractivity contribution in [1.82, 2.24) is 14.5 Å². The van der Waals surface area contributed by atoms with Gasteiger partial charge in [-0.3, -0.25) is 14.3 Å². The Morgan fingerprint density at radius 1 is 1.00 bits per heavy atom. The van der Waals surface area contributed by atoms with Crippen LogP contribution in [0, 0.1) is 0 Å². The molecule has 1 saturated heterocycles. The first-order valence-electron chi connectivity index (χ1n) is 12.9. The maximum Gasteiger partial charge on any atom is 0.411 e. The molecule has 2 amide bonds. The molecule has 3 aromatic rings. The van der Waals surface area contributed by atoms with Gasteiger partial charge >= 0.3 is 17.8 Å². The van der Waals surface area contributed by atoms with Crippen LogP contribution < -0.4 is 11.0 Å². The molecule has 222 valence electrons.